The number of esters is 1. The van der Waals surface area contributed by atoms with Crippen LogP contribution in [0.5, 0.6) is 5.75 Å². The number of fused-ring (bicyclic) bond motifs is 3. The lowest BCUT2D eigenvalue weighted by Crippen LogP contribution is -2.43. The van der Waals surface area contributed by atoms with E-state index in [4.69, 9.17) is 9.15 Å². The first kappa shape index (κ1) is 24.2. The molecule has 1 heterocycles. The molecule has 1 aliphatic rings. The highest BCUT2D eigenvalue weighted by atomic mass is 32.2. The Morgan fingerprint density at radius 1 is 1.06 bits per heavy atom. The topological polar surface area (TPSA) is 103 Å². The van der Waals surface area contributed by atoms with Crippen LogP contribution in [0.3, 0.4) is 0 Å². The molecule has 4 rings (SSSR count). The summed E-state index contributed by atoms with van der Waals surface area (Å²) < 4.78 is 39.5. The lowest BCUT2D eigenvalue weighted by atomic mass is 10.0. The summed E-state index contributed by atoms with van der Waals surface area (Å²) in [5, 5.41) is 0.850. The number of nitrogens with one attached hydrogen (secondary N) is 1. The summed E-state index contributed by atoms with van der Waals surface area (Å²) in [6.45, 7) is 7.39. The Labute approximate surface area is 199 Å². The molecule has 1 N–H and O–H groups in total. The zero-order valence-electron chi connectivity index (χ0n) is 19.8. The lowest BCUT2D eigenvalue weighted by molar-refractivity contribution is -0.136. The molecule has 0 fully saturated rings. The highest BCUT2D eigenvalue weighted by Gasteiger charge is 2.29. The van der Waals surface area contributed by atoms with Gasteiger partial charge in [0.1, 0.15) is 17.4 Å². The van der Waals surface area contributed by atoms with Gasteiger partial charge in [0.15, 0.2) is 0 Å². The molecule has 7 nitrogen and oxygen atoms in total. The van der Waals surface area contributed by atoms with Crippen molar-refractivity contribution in [2.75, 3.05) is 0 Å². The Kier molecular flexibility index (Phi) is 6.64. The van der Waals surface area contributed by atoms with E-state index in [0.29, 0.717) is 17.6 Å². The van der Waals surface area contributed by atoms with Crippen LogP contribution in [-0.4, -0.2) is 20.4 Å². The van der Waals surface area contributed by atoms with E-state index in [-0.39, 0.29) is 28.6 Å². The molecule has 1 atom stereocenters. The van der Waals surface area contributed by atoms with Crippen LogP contribution in [0.15, 0.2) is 50.5 Å². The van der Waals surface area contributed by atoms with E-state index < -0.39 is 22.0 Å². The van der Waals surface area contributed by atoms with Crippen molar-refractivity contribution in [2.45, 2.75) is 64.3 Å². The fourth-order valence-corrected chi connectivity index (χ4v) is 5.59. The molecule has 180 valence electrons. The van der Waals surface area contributed by atoms with E-state index in [1.54, 1.807) is 31.2 Å². The third-order valence-electron chi connectivity index (χ3n) is 6.17. The molecule has 0 unspecified atom stereocenters. The van der Waals surface area contributed by atoms with Crippen molar-refractivity contribution in [1.29, 1.82) is 0 Å². The summed E-state index contributed by atoms with van der Waals surface area (Å²) in [6.07, 6.45) is 2.70. The van der Waals surface area contributed by atoms with Crippen LogP contribution >= 0.6 is 0 Å². The van der Waals surface area contributed by atoms with Gasteiger partial charge < -0.3 is 9.15 Å². The first-order chi connectivity index (χ1) is 16.1. The van der Waals surface area contributed by atoms with Gasteiger partial charge in [-0.15, -0.1) is 0 Å². The summed E-state index contributed by atoms with van der Waals surface area (Å²) in [6, 6.07) is 8.81. The maximum absolute atomic E-state index is 13.1. The predicted molar refractivity (Wildman–Crippen MR) is 130 cm³/mol. The number of sulfonamides is 1. The number of benzene rings is 2. The van der Waals surface area contributed by atoms with E-state index in [1.165, 1.54) is 12.1 Å². The summed E-state index contributed by atoms with van der Waals surface area (Å²) in [5.41, 5.74) is 3.23. The minimum atomic E-state index is -3.93. The molecule has 0 amide bonds. The number of carbonyl (C=O) groups excluding carboxylic acids is 1. The molecule has 0 bridgehead atoms. The Hall–Kier alpha value is -2.97. The van der Waals surface area contributed by atoms with Crippen LogP contribution < -0.4 is 15.1 Å². The molecule has 0 aliphatic heterocycles. The van der Waals surface area contributed by atoms with Crippen molar-refractivity contribution in [1.82, 2.24) is 4.72 Å². The first-order valence-corrected chi connectivity index (χ1v) is 12.9. The van der Waals surface area contributed by atoms with Crippen molar-refractivity contribution < 1.29 is 22.4 Å². The average molecular weight is 484 g/mol. The summed E-state index contributed by atoms with van der Waals surface area (Å²) in [7, 11) is -3.93. The number of rotatable bonds is 7. The van der Waals surface area contributed by atoms with E-state index in [2.05, 4.69) is 4.72 Å². The number of carbonyl (C=O) groups is 1. The molecule has 34 heavy (non-hydrogen) atoms. The number of ether oxygens (including phenoxy) is 1. The molecule has 8 heteroatoms. The molecular weight excluding hydrogens is 454 g/mol. The average Bonchev–Trinajstić information content (AvgIpc) is 3.26. The van der Waals surface area contributed by atoms with Gasteiger partial charge >= 0.3 is 11.6 Å². The van der Waals surface area contributed by atoms with Crippen LogP contribution in [0.1, 0.15) is 48.9 Å². The van der Waals surface area contributed by atoms with Gasteiger partial charge in [-0.2, -0.15) is 4.72 Å². The Morgan fingerprint density at radius 3 is 2.41 bits per heavy atom. The normalized spacial score (nSPS) is 14.4. The second-order valence-corrected chi connectivity index (χ2v) is 11.0. The fourth-order valence-electron chi connectivity index (χ4n) is 4.39. The maximum atomic E-state index is 13.1. The summed E-state index contributed by atoms with van der Waals surface area (Å²) in [5.74, 6) is -0.436. The monoisotopic (exact) mass is 483 g/mol. The molecule has 0 radical (unpaired) electrons. The van der Waals surface area contributed by atoms with Crippen molar-refractivity contribution in [3.8, 4) is 5.75 Å². The van der Waals surface area contributed by atoms with Crippen molar-refractivity contribution in [2.24, 2.45) is 5.92 Å². The smallest absolute Gasteiger partial charge is 0.339 e. The van der Waals surface area contributed by atoms with Gasteiger partial charge in [-0.05, 0) is 75.3 Å². The molecular formula is C26H29NO6S. The van der Waals surface area contributed by atoms with Crippen LogP contribution in [0.2, 0.25) is 0 Å². The van der Waals surface area contributed by atoms with Gasteiger partial charge in [-0.25, -0.2) is 18.0 Å². The van der Waals surface area contributed by atoms with Crippen molar-refractivity contribution in [3.05, 3.63) is 69.1 Å². The summed E-state index contributed by atoms with van der Waals surface area (Å²) in [4.78, 5) is 25.6. The quantitative estimate of drug-likeness (QED) is 0.307. The predicted octanol–water partition coefficient (Wildman–Crippen LogP) is 4.20. The van der Waals surface area contributed by atoms with Crippen molar-refractivity contribution >= 4 is 27.0 Å². The SMILES string of the molecule is Cc1ccc(S(=O)(=O)N[C@H](CC(C)C)C(=O)Oc2ccc3c4c(c(=O)oc3c2C)CCC4)cc1. The number of hydrogen-bond donors (Lipinski definition) is 1. The van der Waals surface area contributed by atoms with E-state index in [0.717, 1.165) is 34.9 Å². The molecule has 1 aromatic heterocycles. The lowest BCUT2D eigenvalue weighted by Gasteiger charge is -2.20. The molecule has 0 saturated heterocycles. The van der Waals surface area contributed by atoms with E-state index in [1.807, 2.05) is 20.8 Å². The molecule has 0 spiro atoms. The molecule has 0 saturated carbocycles. The first-order valence-electron chi connectivity index (χ1n) is 11.5. The maximum Gasteiger partial charge on any atom is 0.339 e. The van der Waals surface area contributed by atoms with Gasteiger partial charge in [0.2, 0.25) is 10.0 Å². The van der Waals surface area contributed by atoms with Crippen LogP contribution in [-0.2, 0) is 27.7 Å². The van der Waals surface area contributed by atoms with E-state index in [9.17, 15) is 18.0 Å². The molecule has 3 aromatic rings. The van der Waals surface area contributed by atoms with Gasteiger partial charge in [0, 0.05) is 16.5 Å². The van der Waals surface area contributed by atoms with Gasteiger partial charge in [-0.3, -0.25) is 0 Å². The highest BCUT2D eigenvalue weighted by Crippen LogP contribution is 2.33. The number of hydrogen-bond acceptors (Lipinski definition) is 6. The van der Waals surface area contributed by atoms with Gasteiger partial charge in [-0.1, -0.05) is 31.5 Å². The van der Waals surface area contributed by atoms with Crippen molar-refractivity contribution in [3.63, 3.8) is 0 Å². The van der Waals surface area contributed by atoms with Crippen LogP contribution in [0, 0.1) is 19.8 Å². The largest absolute Gasteiger partial charge is 0.425 e. The third kappa shape index (κ3) is 4.79. The molecule has 1 aliphatic carbocycles. The Bertz CT molecular complexity index is 1400. The zero-order valence-corrected chi connectivity index (χ0v) is 20.6. The number of aryl methyl sites for hydroxylation is 3. The zero-order chi connectivity index (χ0) is 24.6. The molecule has 2 aromatic carbocycles. The van der Waals surface area contributed by atoms with Crippen LogP contribution in [0.25, 0.3) is 11.0 Å². The summed E-state index contributed by atoms with van der Waals surface area (Å²) >= 11 is 0. The Morgan fingerprint density at radius 2 is 1.74 bits per heavy atom. The van der Waals surface area contributed by atoms with E-state index >= 15 is 0 Å². The van der Waals surface area contributed by atoms with Gasteiger partial charge in [0.25, 0.3) is 0 Å². The highest BCUT2D eigenvalue weighted by molar-refractivity contribution is 7.89. The third-order valence-corrected chi connectivity index (χ3v) is 7.66. The second-order valence-electron chi connectivity index (χ2n) is 9.30. The minimum absolute atomic E-state index is 0.0385. The van der Waals surface area contributed by atoms with Crippen LogP contribution in [0.4, 0.5) is 0 Å². The van der Waals surface area contributed by atoms with Gasteiger partial charge in [0.05, 0.1) is 4.90 Å². The minimum Gasteiger partial charge on any atom is -0.425 e. The standard InChI is InChI=1S/C26H29NO6S/c1-15(2)14-22(27-34(30,31)18-10-8-16(3)9-11-18)26(29)32-23-13-12-20-19-6-5-7-21(19)25(28)33-24(20)17(23)4/h8-13,15,22,27H,5-7,14H2,1-4H3/t22-/m1/s1. The fraction of sp³-hybridized carbons (Fsp3) is 0.385. The Balaban J connectivity index is 1.63. The second kappa shape index (κ2) is 9.35.